The normalized spacial score (nSPS) is 16.2. The van der Waals surface area contributed by atoms with E-state index in [9.17, 15) is 0 Å². The summed E-state index contributed by atoms with van der Waals surface area (Å²) < 4.78 is 10.6. The first kappa shape index (κ1) is 17.6. The van der Waals surface area contributed by atoms with Crippen molar-refractivity contribution >= 4 is 5.96 Å². The fraction of sp³-hybridized carbons (Fsp3) is 0.611. The predicted molar refractivity (Wildman–Crippen MR) is 94.0 cm³/mol. The summed E-state index contributed by atoms with van der Waals surface area (Å²) in [4.78, 5) is 4.33. The van der Waals surface area contributed by atoms with Crippen LogP contribution in [0.3, 0.4) is 0 Å². The van der Waals surface area contributed by atoms with Crippen molar-refractivity contribution in [1.29, 1.82) is 0 Å². The Hall–Kier alpha value is -1.75. The second-order valence-electron chi connectivity index (χ2n) is 5.89. The van der Waals surface area contributed by atoms with Crippen molar-refractivity contribution < 1.29 is 9.47 Å². The second kappa shape index (κ2) is 10.1. The largest absolute Gasteiger partial charge is 0.491 e. The van der Waals surface area contributed by atoms with Gasteiger partial charge in [-0.2, -0.15) is 0 Å². The van der Waals surface area contributed by atoms with Gasteiger partial charge in [0.25, 0.3) is 0 Å². The molecule has 128 valence electrons. The van der Waals surface area contributed by atoms with Crippen molar-refractivity contribution in [2.75, 3.05) is 27.4 Å². The third kappa shape index (κ3) is 6.48. The molecule has 1 fully saturated rings. The zero-order valence-corrected chi connectivity index (χ0v) is 14.3. The predicted octanol–water partition coefficient (Wildman–Crippen LogP) is 2.71. The maximum absolute atomic E-state index is 5.64. The molecule has 0 spiro atoms. The van der Waals surface area contributed by atoms with E-state index in [1.165, 1.54) is 37.7 Å². The average molecular weight is 319 g/mol. The van der Waals surface area contributed by atoms with Crippen LogP contribution in [0.2, 0.25) is 0 Å². The van der Waals surface area contributed by atoms with Crippen LogP contribution < -0.4 is 15.4 Å². The van der Waals surface area contributed by atoms with Crippen LogP contribution in [0.4, 0.5) is 0 Å². The lowest BCUT2D eigenvalue weighted by molar-refractivity contribution is 0.146. The molecule has 5 nitrogen and oxygen atoms in total. The van der Waals surface area contributed by atoms with Crippen molar-refractivity contribution in [3.05, 3.63) is 29.8 Å². The van der Waals surface area contributed by atoms with Gasteiger partial charge in [-0.1, -0.05) is 31.4 Å². The minimum atomic E-state index is 0.554. The van der Waals surface area contributed by atoms with E-state index in [-0.39, 0.29) is 0 Å². The van der Waals surface area contributed by atoms with Crippen molar-refractivity contribution in [2.24, 2.45) is 4.99 Å². The lowest BCUT2D eigenvalue weighted by Gasteiger charge is -2.24. The number of nitrogens with zero attached hydrogens (tertiary/aromatic N) is 1. The Morgan fingerprint density at radius 3 is 2.78 bits per heavy atom. The molecular weight excluding hydrogens is 290 g/mol. The Bertz CT molecular complexity index is 485. The molecule has 23 heavy (non-hydrogen) atoms. The van der Waals surface area contributed by atoms with Gasteiger partial charge in [-0.15, -0.1) is 0 Å². The quantitative estimate of drug-likeness (QED) is 0.461. The fourth-order valence-electron chi connectivity index (χ4n) is 2.81. The third-order valence-corrected chi connectivity index (χ3v) is 4.08. The molecular formula is C18H29N3O2. The van der Waals surface area contributed by atoms with Gasteiger partial charge in [-0.25, -0.2) is 0 Å². The molecule has 1 aliphatic rings. The van der Waals surface area contributed by atoms with Gasteiger partial charge in [-0.3, -0.25) is 4.99 Å². The van der Waals surface area contributed by atoms with Crippen LogP contribution in [0.5, 0.6) is 5.75 Å². The van der Waals surface area contributed by atoms with E-state index in [1.807, 2.05) is 19.2 Å². The molecule has 5 heteroatoms. The highest BCUT2D eigenvalue weighted by Crippen LogP contribution is 2.17. The molecule has 0 amide bonds. The lowest BCUT2D eigenvalue weighted by Crippen LogP contribution is -2.43. The molecule has 1 aromatic rings. The first-order valence-electron chi connectivity index (χ1n) is 8.49. The standard InChI is InChI=1S/C18H29N3O2/c1-19-18(21-16-8-4-3-5-9-16)20-14-15-7-6-10-17(13-15)23-12-11-22-2/h6-7,10,13,16H,3-5,8-9,11-12,14H2,1-2H3,(H2,19,20,21). The van der Waals surface area contributed by atoms with E-state index in [0.717, 1.165) is 18.3 Å². The number of guanidine groups is 1. The maximum Gasteiger partial charge on any atom is 0.191 e. The topological polar surface area (TPSA) is 54.9 Å². The molecule has 0 atom stereocenters. The van der Waals surface area contributed by atoms with Crippen LogP contribution >= 0.6 is 0 Å². The van der Waals surface area contributed by atoms with E-state index in [1.54, 1.807) is 7.11 Å². The van der Waals surface area contributed by atoms with Gasteiger partial charge >= 0.3 is 0 Å². The van der Waals surface area contributed by atoms with Crippen LogP contribution in [0.15, 0.2) is 29.3 Å². The molecule has 0 aromatic heterocycles. The zero-order valence-electron chi connectivity index (χ0n) is 14.3. The number of ether oxygens (including phenoxy) is 2. The minimum absolute atomic E-state index is 0.554. The van der Waals surface area contributed by atoms with Gasteiger partial charge < -0.3 is 20.1 Å². The second-order valence-corrected chi connectivity index (χ2v) is 5.89. The van der Waals surface area contributed by atoms with E-state index in [0.29, 0.717) is 19.3 Å². The first-order valence-corrected chi connectivity index (χ1v) is 8.49. The van der Waals surface area contributed by atoms with Crippen LogP contribution in [-0.2, 0) is 11.3 Å². The number of hydrogen-bond donors (Lipinski definition) is 2. The van der Waals surface area contributed by atoms with Crippen LogP contribution in [0, 0.1) is 0 Å². The number of nitrogens with one attached hydrogen (secondary N) is 2. The fourth-order valence-corrected chi connectivity index (χ4v) is 2.81. The monoisotopic (exact) mass is 319 g/mol. The van der Waals surface area contributed by atoms with E-state index in [4.69, 9.17) is 9.47 Å². The molecule has 1 aromatic carbocycles. The number of hydrogen-bond acceptors (Lipinski definition) is 3. The average Bonchev–Trinajstić information content (AvgIpc) is 2.60. The summed E-state index contributed by atoms with van der Waals surface area (Å²) in [5.74, 6) is 1.75. The summed E-state index contributed by atoms with van der Waals surface area (Å²) in [5, 5.41) is 6.91. The zero-order chi connectivity index (χ0) is 16.3. The number of rotatable bonds is 7. The van der Waals surface area contributed by atoms with Gasteiger partial charge in [0.15, 0.2) is 5.96 Å². The smallest absolute Gasteiger partial charge is 0.191 e. The molecule has 0 unspecified atom stereocenters. The van der Waals surface area contributed by atoms with Crippen molar-refractivity contribution in [2.45, 2.75) is 44.7 Å². The molecule has 0 aliphatic heterocycles. The highest BCUT2D eigenvalue weighted by Gasteiger charge is 2.14. The number of methoxy groups -OCH3 is 1. The Morgan fingerprint density at radius 2 is 2.04 bits per heavy atom. The lowest BCUT2D eigenvalue weighted by atomic mass is 9.96. The highest BCUT2D eigenvalue weighted by molar-refractivity contribution is 5.79. The molecule has 0 saturated heterocycles. The summed E-state index contributed by atoms with van der Waals surface area (Å²) in [7, 11) is 3.50. The molecule has 2 N–H and O–H groups in total. The summed E-state index contributed by atoms with van der Waals surface area (Å²) in [6, 6.07) is 8.67. The van der Waals surface area contributed by atoms with Gasteiger partial charge in [-0.05, 0) is 30.5 Å². The minimum Gasteiger partial charge on any atom is -0.491 e. The van der Waals surface area contributed by atoms with Crippen molar-refractivity contribution in [3.8, 4) is 5.75 Å². The third-order valence-electron chi connectivity index (χ3n) is 4.08. The maximum atomic E-state index is 5.64. The highest BCUT2D eigenvalue weighted by atomic mass is 16.5. The Kier molecular flexibility index (Phi) is 7.73. The summed E-state index contributed by atoms with van der Waals surface area (Å²) in [5.41, 5.74) is 1.17. The van der Waals surface area contributed by atoms with Crippen molar-refractivity contribution in [1.82, 2.24) is 10.6 Å². The molecule has 0 heterocycles. The molecule has 0 radical (unpaired) electrons. The Morgan fingerprint density at radius 1 is 1.22 bits per heavy atom. The molecule has 0 bridgehead atoms. The number of aliphatic imine (C=N–C) groups is 1. The van der Waals surface area contributed by atoms with Gasteiger partial charge in [0.05, 0.1) is 6.61 Å². The molecule has 1 saturated carbocycles. The Balaban J connectivity index is 1.80. The van der Waals surface area contributed by atoms with Crippen LogP contribution in [0.1, 0.15) is 37.7 Å². The van der Waals surface area contributed by atoms with Gasteiger partial charge in [0.2, 0.25) is 0 Å². The van der Waals surface area contributed by atoms with Gasteiger partial charge in [0, 0.05) is 26.7 Å². The summed E-state index contributed by atoms with van der Waals surface area (Å²) in [6.07, 6.45) is 6.47. The SMILES string of the molecule is CN=C(NCc1cccc(OCCOC)c1)NC1CCCCC1. The van der Waals surface area contributed by atoms with Gasteiger partial charge in [0.1, 0.15) is 12.4 Å². The molecule has 1 aliphatic carbocycles. The first-order chi connectivity index (χ1) is 11.3. The Labute approximate surface area is 139 Å². The van der Waals surface area contributed by atoms with Crippen LogP contribution in [-0.4, -0.2) is 39.4 Å². The van der Waals surface area contributed by atoms with Crippen LogP contribution in [0.25, 0.3) is 0 Å². The van der Waals surface area contributed by atoms with Crippen molar-refractivity contribution in [3.63, 3.8) is 0 Å². The summed E-state index contributed by atoms with van der Waals surface area (Å²) in [6.45, 7) is 1.90. The molecule has 2 rings (SSSR count). The van der Waals surface area contributed by atoms with E-state index >= 15 is 0 Å². The number of benzene rings is 1. The summed E-state index contributed by atoms with van der Waals surface area (Å²) >= 11 is 0. The van der Waals surface area contributed by atoms with E-state index < -0.39 is 0 Å². The van der Waals surface area contributed by atoms with E-state index in [2.05, 4.69) is 27.8 Å².